The van der Waals surface area contributed by atoms with Gasteiger partial charge in [-0.3, -0.25) is 0 Å². The summed E-state index contributed by atoms with van der Waals surface area (Å²) in [6.45, 7) is 1.03. The molecule has 29 heavy (non-hydrogen) atoms. The van der Waals surface area contributed by atoms with E-state index < -0.39 is 0 Å². The van der Waals surface area contributed by atoms with E-state index in [-0.39, 0.29) is 5.82 Å². The van der Waals surface area contributed by atoms with Crippen LogP contribution in [0.2, 0.25) is 5.02 Å². The molecule has 0 fully saturated rings. The summed E-state index contributed by atoms with van der Waals surface area (Å²) in [6.07, 6.45) is 0. The van der Waals surface area contributed by atoms with Gasteiger partial charge in [0.2, 0.25) is 5.95 Å². The maximum atomic E-state index is 13.3. The van der Waals surface area contributed by atoms with E-state index in [2.05, 4.69) is 20.4 Å². The van der Waals surface area contributed by atoms with E-state index in [9.17, 15) is 4.39 Å². The molecule has 0 aliphatic carbocycles. The van der Waals surface area contributed by atoms with Crippen LogP contribution >= 0.6 is 11.6 Å². The molecule has 0 saturated carbocycles. The summed E-state index contributed by atoms with van der Waals surface area (Å²) in [5.41, 5.74) is 8.83. The molecule has 2 heterocycles. The van der Waals surface area contributed by atoms with E-state index >= 15 is 0 Å². The second-order valence-electron chi connectivity index (χ2n) is 6.30. The zero-order valence-corrected chi connectivity index (χ0v) is 16.3. The molecule has 2 aromatic carbocycles. The number of anilines is 2. The van der Waals surface area contributed by atoms with Crippen molar-refractivity contribution >= 4 is 34.4 Å². The van der Waals surface area contributed by atoms with Crippen LogP contribution in [0.5, 0.6) is 0 Å². The first-order valence-electron chi connectivity index (χ1n) is 8.88. The summed E-state index contributed by atoms with van der Waals surface area (Å²) in [5.74, 6) is 0.409. The highest BCUT2D eigenvalue weighted by Gasteiger charge is 2.19. The molecule has 0 saturated heterocycles. The third-order valence-corrected chi connectivity index (χ3v) is 4.56. The highest BCUT2D eigenvalue weighted by Crippen LogP contribution is 2.33. The quantitative estimate of drug-likeness (QED) is 0.466. The normalized spacial score (nSPS) is 11.1. The number of methoxy groups -OCH3 is 1. The number of aromatic nitrogens is 4. The van der Waals surface area contributed by atoms with Gasteiger partial charge in [0.05, 0.1) is 23.4 Å². The molecule has 0 bridgehead atoms. The van der Waals surface area contributed by atoms with Crippen molar-refractivity contribution in [3.05, 3.63) is 59.4 Å². The molecule has 148 valence electrons. The van der Waals surface area contributed by atoms with Crippen LogP contribution in [0.3, 0.4) is 0 Å². The van der Waals surface area contributed by atoms with E-state index in [1.54, 1.807) is 31.4 Å². The van der Waals surface area contributed by atoms with E-state index in [4.69, 9.17) is 22.1 Å². The predicted molar refractivity (Wildman–Crippen MR) is 112 cm³/mol. The van der Waals surface area contributed by atoms with Gasteiger partial charge in [0.1, 0.15) is 11.6 Å². The number of fused-ring (bicyclic) bond motifs is 1. The lowest BCUT2D eigenvalue weighted by atomic mass is 10.1. The van der Waals surface area contributed by atoms with Crippen LogP contribution in [0.25, 0.3) is 28.0 Å². The maximum absolute atomic E-state index is 13.3. The maximum Gasteiger partial charge on any atom is 0.225 e. The number of rotatable bonds is 6. The van der Waals surface area contributed by atoms with Gasteiger partial charge in [0, 0.05) is 24.2 Å². The van der Waals surface area contributed by atoms with Crippen molar-refractivity contribution in [2.45, 2.75) is 0 Å². The zero-order valence-electron chi connectivity index (χ0n) is 15.6. The molecule has 0 radical (unpaired) electrons. The number of nitrogens with one attached hydrogen (secondary N) is 1. The molecule has 0 spiro atoms. The Morgan fingerprint density at radius 3 is 2.69 bits per heavy atom. The highest BCUT2D eigenvalue weighted by molar-refractivity contribution is 6.30. The number of nitrogen functional groups attached to an aromatic ring is 1. The average molecular weight is 413 g/mol. The number of hydrogen-bond donors (Lipinski definition) is 2. The number of hydrogen-bond acceptors (Lipinski definition) is 6. The minimum atomic E-state index is -0.340. The van der Waals surface area contributed by atoms with Gasteiger partial charge in [-0.15, -0.1) is 5.10 Å². The van der Waals surface area contributed by atoms with Crippen molar-refractivity contribution in [3.63, 3.8) is 0 Å². The van der Waals surface area contributed by atoms with E-state index in [0.29, 0.717) is 52.4 Å². The van der Waals surface area contributed by atoms with Gasteiger partial charge in [0.25, 0.3) is 0 Å². The lowest BCUT2D eigenvalue weighted by Crippen LogP contribution is -2.10. The van der Waals surface area contributed by atoms with Crippen LogP contribution < -0.4 is 11.1 Å². The van der Waals surface area contributed by atoms with Crippen LogP contribution in [0.4, 0.5) is 16.2 Å². The number of nitrogens with zero attached hydrogens (tertiary/aromatic N) is 4. The monoisotopic (exact) mass is 412 g/mol. The minimum Gasteiger partial charge on any atom is -0.383 e. The molecule has 7 nitrogen and oxygen atoms in total. The zero-order chi connectivity index (χ0) is 20.4. The fourth-order valence-electron chi connectivity index (χ4n) is 2.98. The molecule has 3 N–H and O–H groups in total. The van der Waals surface area contributed by atoms with Gasteiger partial charge >= 0.3 is 0 Å². The lowest BCUT2D eigenvalue weighted by Gasteiger charge is -2.08. The van der Waals surface area contributed by atoms with Gasteiger partial charge < -0.3 is 15.8 Å². The van der Waals surface area contributed by atoms with Crippen molar-refractivity contribution in [2.75, 3.05) is 31.3 Å². The summed E-state index contributed by atoms with van der Waals surface area (Å²) >= 11 is 6.18. The molecule has 4 aromatic rings. The topological polar surface area (TPSA) is 90.9 Å². The minimum absolute atomic E-state index is 0.340. The molecule has 0 aliphatic heterocycles. The Labute approximate surface area is 171 Å². The van der Waals surface area contributed by atoms with E-state index in [1.807, 2.05) is 12.1 Å². The molecule has 4 rings (SSSR count). The largest absolute Gasteiger partial charge is 0.383 e. The van der Waals surface area contributed by atoms with Crippen molar-refractivity contribution in [3.8, 4) is 16.9 Å². The van der Waals surface area contributed by atoms with Crippen LogP contribution in [0.15, 0.2) is 48.5 Å². The Kier molecular flexibility index (Phi) is 5.28. The lowest BCUT2D eigenvalue weighted by molar-refractivity contribution is 0.210. The smallest absolute Gasteiger partial charge is 0.225 e. The Morgan fingerprint density at radius 1 is 1.17 bits per heavy atom. The molecule has 2 aromatic heterocycles. The van der Waals surface area contributed by atoms with E-state index in [0.717, 1.165) is 5.56 Å². The number of halogens is 2. The van der Waals surface area contributed by atoms with Gasteiger partial charge in [-0.1, -0.05) is 23.7 Å². The molecule has 9 heteroatoms. The average Bonchev–Trinajstić information content (AvgIpc) is 3.05. The molecular weight excluding hydrogens is 395 g/mol. The number of ether oxygens (including phenoxy) is 1. The van der Waals surface area contributed by atoms with Crippen LogP contribution in [-0.2, 0) is 4.74 Å². The van der Waals surface area contributed by atoms with Crippen LogP contribution in [0, 0.1) is 5.82 Å². The van der Waals surface area contributed by atoms with Crippen molar-refractivity contribution in [2.24, 2.45) is 0 Å². The Hall–Kier alpha value is -3.23. The predicted octanol–water partition coefficient (Wildman–Crippen LogP) is 3.92. The van der Waals surface area contributed by atoms with Gasteiger partial charge in [-0.05, 0) is 36.4 Å². The molecule has 0 amide bonds. The van der Waals surface area contributed by atoms with Crippen LogP contribution in [-0.4, -0.2) is 40.0 Å². The summed E-state index contributed by atoms with van der Waals surface area (Å²) in [7, 11) is 1.62. The van der Waals surface area contributed by atoms with Crippen LogP contribution in [0.1, 0.15) is 0 Å². The van der Waals surface area contributed by atoms with Gasteiger partial charge in [0.15, 0.2) is 5.65 Å². The van der Waals surface area contributed by atoms with E-state index in [1.165, 1.54) is 16.8 Å². The number of nitrogens with two attached hydrogens (primary N) is 1. The summed E-state index contributed by atoms with van der Waals surface area (Å²) in [6, 6.07) is 13.2. The summed E-state index contributed by atoms with van der Waals surface area (Å²) in [5, 5.41) is 8.81. The summed E-state index contributed by atoms with van der Waals surface area (Å²) in [4.78, 5) is 9.12. The highest BCUT2D eigenvalue weighted by atomic mass is 35.5. The van der Waals surface area contributed by atoms with Crippen molar-refractivity contribution in [1.82, 2.24) is 19.7 Å². The summed E-state index contributed by atoms with van der Waals surface area (Å²) < 4.78 is 19.9. The van der Waals surface area contributed by atoms with Gasteiger partial charge in [-0.2, -0.15) is 4.98 Å². The first-order chi connectivity index (χ1) is 14.1. The Bertz CT molecular complexity index is 1160. The third kappa shape index (κ3) is 3.85. The molecule has 0 unspecified atom stereocenters. The molecule has 0 aliphatic rings. The molecular formula is C20H18ClFN6O. The first-order valence-corrected chi connectivity index (χ1v) is 9.25. The Balaban J connectivity index is 1.91. The van der Waals surface area contributed by atoms with Crippen molar-refractivity contribution in [1.29, 1.82) is 0 Å². The fraction of sp³-hybridized carbons (Fsp3) is 0.150. The SMILES string of the molecule is COCCNc1nc(-c2cccc(Cl)c2)c2c(N)n(-c3ccc(F)cc3)nc2n1. The first kappa shape index (κ1) is 19.1. The Morgan fingerprint density at radius 2 is 1.97 bits per heavy atom. The van der Waals surface area contributed by atoms with Crippen molar-refractivity contribution < 1.29 is 9.13 Å². The standard InChI is InChI=1S/C20H18ClFN6O/c1-29-10-9-24-20-25-17(12-3-2-4-13(21)11-12)16-18(23)28(27-19(16)26-20)15-7-5-14(22)6-8-15/h2-8,11H,9-10,23H2,1H3,(H,24,26,27). The van der Waals surface area contributed by atoms with Gasteiger partial charge in [-0.25, -0.2) is 14.1 Å². The second-order valence-corrected chi connectivity index (χ2v) is 6.73. The number of benzene rings is 2. The fourth-order valence-corrected chi connectivity index (χ4v) is 3.17. The molecule has 0 atom stereocenters. The second kappa shape index (κ2) is 8.02. The third-order valence-electron chi connectivity index (χ3n) is 4.33.